The Hall–Kier alpha value is -1.49. The van der Waals surface area contributed by atoms with Crippen LogP contribution in [0.25, 0.3) is 0 Å². The molecule has 1 N–H and O–H groups in total. The Morgan fingerprint density at radius 1 is 1.33 bits per heavy atom. The van der Waals surface area contributed by atoms with E-state index in [4.69, 9.17) is 17.9 Å². The van der Waals surface area contributed by atoms with E-state index in [2.05, 4.69) is 36.1 Å². The molecule has 5 heteroatoms. The van der Waals surface area contributed by atoms with Crippen LogP contribution in [0.2, 0.25) is 0 Å². The first kappa shape index (κ1) is 14.6. The summed E-state index contributed by atoms with van der Waals surface area (Å²) in [5, 5.41) is 7.42. The molecule has 18 heavy (non-hydrogen) atoms. The van der Waals surface area contributed by atoms with Gasteiger partial charge in [0.1, 0.15) is 0 Å². The minimum Gasteiger partial charge on any atom is -0.481 e. The number of nitrogens with zero attached hydrogens (tertiary/aromatic N) is 2. The molecule has 1 saturated heterocycles. The van der Waals surface area contributed by atoms with Gasteiger partial charge >= 0.3 is 0 Å². The van der Waals surface area contributed by atoms with Crippen LogP contribution >= 0.6 is 0 Å². The van der Waals surface area contributed by atoms with Gasteiger partial charge in [-0.25, -0.2) is 0 Å². The van der Waals surface area contributed by atoms with Crippen molar-refractivity contribution in [2.24, 2.45) is 0 Å². The van der Waals surface area contributed by atoms with Crippen molar-refractivity contribution < 1.29 is 9.90 Å². The van der Waals surface area contributed by atoms with E-state index < -0.39 is 5.97 Å². The molecule has 0 amide bonds. The Morgan fingerprint density at radius 2 is 1.89 bits per heavy atom. The van der Waals surface area contributed by atoms with Crippen LogP contribution in [0.15, 0.2) is 30.3 Å². The number of aliphatic carboxylic acids is 1. The topological polar surface area (TPSA) is 43.8 Å². The Morgan fingerprint density at radius 3 is 2.39 bits per heavy atom. The van der Waals surface area contributed by atoms with Gasteiger partial charge in [0.05, 0.1) is 0 Å². The van der Waals surface area contributed by atoms with Crippen molar-refractivity contribution in [3.8, 4) is 0 Å². The van der Waals surface area contributed by atoms with Crippen molar-refractivity contribution in [3.05, 3.63) is 30.3 Å². The van der Waals surface area contributed by atoms with Crippen LogP contribution in [-0.4, -0.2) is 49.5 Å². The fourth-order valence-electron chi connectivity index (χ4n) is 1.84. The molecule has 1 aromatic rings. The average Bonchev–Trinajstić information content (AvgIpc) is 2.33. The second-order valence-corrected chi connectivity index (χ2v) is 4.39. The quantitative estimate of drug-likeness (QED) is 0.760. The molecule has 1 aliphatic rings. The van der Waals surface area contributed by atoms with E-state index in [0.29, 0.717) is 6.04 Å². The van der Waals surface area contributed by atoms with Crippen LogP contribution in [0, 0.1) is 0 Å². The summed E-state index contributed by atoms with van der Waals surface area (Å²) in [7, 11) is 5.83. The molecule has 1 unspecified atom stereocenters. The third-order valence-electron chi connectivity index (χ3n) is 2.80. The summed E-state index contributed by atoms with van der Waals surface area (Å²) in [6, 6.07) is 10.9. The first-order chi connectivity index (χ1) is 8.50. The van der Waals surface area contributed by atoms with Crippen molar-refractivity contribution in [2.45, 2.75) is 19.9 Å². The van der Waals surface area contributed by atoms with Crippen LogP contribution in [0.4, 0.5) is 5.69 Å². The van der Waals surface area contributed by atoms with Crippen molar-refractivity contribution in [1.29, 1.82) is 0 Å². The van der Waals surface area contributed by atoms with Gasteiger partial charge in [0.2, 0.25) is 0 Å². The SMILES string of the molecule is CC(=O)O.[B]N1CCN(c2ccccc2)CC1C. The Labute approximate surface area is 110 Å². The zero-order valence-corrected chi connectivity index (χ0v) is 10.9. The van der Waals surface area contributed by atoms with Crippen LogP contribution in [-0.2, 0) is 4.79 Å². The van der Waals surface area contributed by atoms with Gasteiger partial charge in [0, 0.05) is 38.3 Å². The Balaban J connectivity index is 0.000000357. The van der Waals surface area contributed by atoms with E-state index in [1.54, 1.807) is 0 Å². The minimum atomic E-state index is -0.833. The van der Waals surface area contributed by atoms with Gasteiger partial charge in [-0.05, 0) is 19.1 Å². The molecule has 2 rings (SSSR count). The third kappa shape index (κ3) is 4.79. The van der Waals surface area contributed by atoms with Gasteiger partial charge in [-0.2, -0.15) is 0 Å². The van der Waals surface area contributed by atoms with Gasteiger partial charge in [-0.15, -0.1) is 0 Å². The van der Waals surface area contributed by atoms with Gasteiger partial charge < -0.3 is 14.8 Å². The second-order valence-electron chi connectivity index (χ2n) is 4.39. The van der Waals surface area contributed by atoms with E-state index in [1.807, 2.05) is 10.9 Å². The molecule has 1 atom stereocenters. The summed E-state index contributed by atoms with van der Waals surface area (Å²) in [5.41, 5.74) is 1.30. The molecule has 0 bridgehead atoms. The molecule has 0 aliphatic carbocycles. The number of rotatable bonds is 1. The Bertz CT molecular complexity index is 369. The summed E-state index contributed by atoms with van der Waals surface area (Å²) in [6.45, 7) is 6.22. The summed E-state index contributed by atoms with van der Waals surface area (Å²) in [4.78, 5) is 13.3. The van der Waals surface area contributed by atoms with E-state index in [0.717, 1.165) is 26.6 Å². The highest BCUT2D eigenvalue weighted by Crippen LogP contribution is 2.17. The van der Waals surface area contributed by atoms with Crippen molar-refractivity contribution in [3.63, 3.8) is 0 Å². The zero-order valence-electron chi connectivity index (χ0n) is 10.9. The van der Waals surface area contributed by atoms with Crippen molar-refractivity contribution in [1.82, 2.24) is 4.81 Å². The van der Waals surface area contributed by atoms with E-state index >= 15 is 0 Å². The van der Waals surface area contributed by atoms with E-state index in [1.165, 1.54) is 5.69 Å². The lowest BCUT2D eigenvalue weighted by Gasteiger charge is -2.39. The number of carboxylic acid groups (broad SMARTS) is 1. The summed E-state index contributed by atoms with van der Waals surface area (Å²) in [6.07, 6.45) is 0. The summed E-state index contributed by atoms with van der Waals surface area (Å²) in [5.74, 6) is -0.833. The molecule has 4 nitrogen and oxygen atoms in total. The molecule has 1 heterocycles. The molecule has 0 aromatic heterocycles. The number of hydrogen-bond acceptors (Lipinski definition) is 3. The molecule has 2 radical (unpaired) electrons. The number of piperazine rings is 1. The number of carboxylic acids is 1. The van der Waals surface area contributed by atoms with Gasteiger partial charge in [0.25, 0.3) is 5.97 Å². The maximum Gasteiger partial charge on any atom is 0.300 e. The molecular weight excluding hydrogens is 227 g/mol. The van der Waals surface area contributed by atoms with E-state index in [9.17, 15) is 0 Å². The maximum atomic E-state index is 9.00. The van der Waals surface area contributed by atoms with Crippen LogP contribution in [0.3, 0.4) is 0 Å². The number of para-hydroxylation sites is 1. The van der Waals surface area contributed by atoms with E-state index in [-0.39, 0.29) is 0 Å². The standard InChI is InChI=1S/C11H15BN2.C2H4O2/c1-10-9-13(7-8-14(10)12)11-5-3-2-4-6-11;1-2(3)4/h2-6,10H,7-9H2,1H3;1H3,(H,3,4). The highest BCUT2D eigenvalue weighted by molar-refractivity contribution is 6.04. The Kier molecular flexibility index (Phi) is 5.72. The van der Waals surface area contributed by atoms with Gasteiger partial charge in [-0.1, -0.05) is 18.2 Å². The zero-order chi connectivity index (χ0) is 13.5. The fraction of sp³-hybridized carbons (Fsp3) is 0.462. The molecule has 0 spiro atoms. The molecular formula is C13H19BN2O2. The largest absolute Gasteiger partial charge is 0.481 e. The third-order valence-corrected chi connectivity index (χ3v) is 2.80. The maximum absolute atomic E-state index is 9.00. The molecule has 0 saturated carbocycles. The fourth-order valence-corrected chi connectivity index (χ4v) is 1.84. The van der Waals surface area contributed by atoms with Crippen molar-refractivity contribution in [2.75, 3.05) is 24.5 Å². The molecule has 1 fully saturated rings. The van der Waals surface area contributed by atoms with Crippen molar-refractivity contribution >= 4 is 19.6 Å². The van der Waals surface area contributed by atoms with Gasteiger partial charge in [0.15, 0.2) is 7.98 Å². The lowest BCUT2D eigenvalue weighted by Crippen LogP contribution is -2.50. The number of carbonyl (C=O) groups is 1. The van der Waals surface area contributed by atoms with Crippen LogP contribution < -0.4 is 4.90 Å². The first-order valence-electron chi connectivity index (χ1n) is 6.01. The smallest absolute Gasteiger partial charge is 0.300 e. The minimum absolute atomic E-state index is 0.434. The average molecular weight is 246 g/mol. The molecule has 96 valence electrons. The summed E-state index contributed by atoms with van der Waals surface area (Å²) < 4.78 is 0. The predicted molar refractivity (Wildman–Crippen MR) is 73.9 cm³/mol. The predicted octanol–water partition coefficient (Wildman–Crippen LogP) is 1.37. The monoisotopic (exact) mass is 246 g/mol. The normalized spacial score (nSPS) is 19.9. The van der Waals surface area contributed by atoms with Crippen LogP contribution in [0.1, 0.15) is 13.8 Å². The molecule has 1 aliphatic heterocycles. The lowest BCUT2D eigenvalue weighted by atomic mass is 10.1. The van der Waals surface area contributed by atoms with Gasteiger partial charge in [-0.3, -0.25) is 4.79 Å². The summed E-state index contributed by atoms with van der Waals surface area (Å²) >= 11 is 0. The van der Waals surface area contributed by atoms with Crippen LogP contribution in [0.5, 0.6) is 0 Å². The highest BCUT2D eigenvalue weighted by atomic mass is 16.4. The molecule has 1 aromatic carbocycles. The highest BCUT2D eigenvalue weighted by Gasteiger charge is 2.19. The first-order valence-corrected chi connectivity index (χ1v) is 6.01. The second kappa shape index (κ2) is 7.06. The number of hydrogen-bond donors (Lipinski definition) is 1. The number of benzene rings is 1. The number of anilines is 1. The lowest BCUT2D eigenvalue weighted by molar-refractivity contribution is -0.134.